The van der Waals surface area contributed by atoms with Gasteiger partial charge in [-0.25, -0.2) is 0 Å². The molecule has 0 unspecified atom stereocenters. The standard InChI is InChI=1S/C14H21N3O5/c1-8(18)13(14(15)20)16-7-12(19)17-9-4-10(21-2)6-11(5-9)22-3/h4-6,8,13,16,18H,7H2,1-3H3,(H2,15,20)(H,17,19)/t8-,13+/m1/s1. The first kappa shape index (κ1) is 17.7. The number of primary amides is 1. The van der Waals surface area contributed by atoms with E-state index in [0.29, 0.717) is 17.2 Å². The van der Waals surface area contributed by atoms with Crippen LogP contribution < -0.4 is 25.8 Å². The summed E-state index contributed by atoms with van der Waals surface area (Å²) in [6.45, 7) is 1.23. The van der Waals surface area contributed by atoms with Crippen molar-refractivity contribution in [2.24, 2.45) is 5.73 Å². The third-order valence-corrected chi connectivity index (χ3v) is 2.91. The highest BCUT2D eigenvalue weighted by atomic mass is 16.5. The number of methoxy groups -OCH3 is 2. The topological polar surface area (TPSA) is 123 Å². The Hall–Kier alpha value is -2.32. The molecule has 22 heavy (non-hydrogen) atoms. The number of hydrogen-bond acceptors (Lipinski definition) is 6. The van der Waals surface area contributed by atoms with Crippen molar-refractivity contribution < 1.29 is 24.2 Å². The Bertz CT molecular complexity index is 511. The summed E-state index contributed by atoms with van der Waals surface area (Å²) in [6, 6.07) is 3.93. The van der Waals surface area contributed by atoms with E-state index in [4.69, 9.17) is 15.2 Å². The number of carbonyl (C=O) groups excluding carboxylic acids is 2. The number of hydrogen-bond donors (Lipinski definition) is 4. The van der Waals surface area contributed by atoms with E-state index in [1.165, 1.54) is 21.1 Å². The largest absolute Gasteiger partial charge is 0.497 e. The molecule has 0 saturated carbocycles. The van der Waals surface area contributed by atoms with Crippen molar-refractivity contribution in [2.75, 3.05) is 26.1 Å². The van der Waals surface area contributed by atoms with Crippen LogP contribution in [0.15, 0.2) is 18.2 Å². The molecule has 8 heteroatoms. The number of nitrogens with two attached hydrogens (primary N) is 1. The van der Waals surface area contributed by atoms with Crippen LogP contribution in [0.2, 0.25) is 0 Å². The van der Waals surface area contributed by atoms with Gasteiger partial charge in [0.05, 0.1) is 26.9 Å². The molecule has 0 spiro atoms. The molecule has 5 N–H and O–H groups in total. The molecule has 0 bridgehead atoms. The van der Waals surface area contributed by atoms with Crippen LogP contribution in [0.3, 0.4) is 0 Å². The Morgan fingerprint density at radius 1 is 1.23 bits per heavy atom. The molecule has 1 rings (SSSR count). The van der Waals surface area contributed by atoms with Crippen molar-refractivity contribution in [1.82, 2.24) is 5.32 Å². The van der Waals surface area contributed by atoms with Gasteiger partial charge in [0.15, 0.2) is 0 Å². The molecule has 0 saturated heterocycles. The predicted octanol–water partition coefficient (Wildman–Crippen LogP) is -0.533. The van der Waals surface area contributed by atoms with Crippen molar-refractivity contribution in [1.29, 1.82) is 0 Å². The number of carbonyl (C=O) groups is 2. The van der Waals surface area contributed by atoms with Gasteiger partial charge < -0.3 is 25.6 Å². The maximum absolute atomic E-state index is 11.9. The lowest BCUT2D eigenvalue weighted by molar-refractivity contribution is -0.122. The summed E-state index contributed by atoms with van der Waals surface area (Å²) < 4.78 is 10.2. The SMILES string of the molecule is COc1cc(NC(=O)CN[C@H](C(N)=O)[C@@H](C)O)cc(OC)c1. The molecule has 0 aliphatic heterocycles. The van der Waals surface area contributed by atoms with E-state index in [9.17, 15) is 14.7 Å². The Kier molecular flexibility index (Phi) is 6.61. The van der Waals surface area contributed by atoms with Crippen LogP contribution in [0.1, 0.15) is 6.92 Å². The minimum Gasteiger partial charge on any atom is -0.497 e. The molecule has 0 radical (unpaired) electrons. The van der Waals surface area contributed by atoms with Gasteiger partial charge >= 0.3 is 0 Å². The summed E-state index contributed by atoms with van der Waals surface area (Å²) in [5, 5.41) is 14.6. The summed E-state index contributed by atoms with van der Waals surface area (Å²) in [6.07, 6.45) is -0.998. The van der Waals surface area contributed by atoms with Gasteiger partial charge in [0.1, 0.15) is 17.5 Å². The smallest absolute Gasteiger partial charge is 0.238 e. The Morgan fingerprint density at radius 3 is 2.18 bits per heavy atom. The van der Waals surface area contributed by atoms with Crippen LogP contribution in [-0.2, 0) is 9.59 Å². The van der Waals surface area contributed by atoms with Gasteiger partial charge in [-0.15, -0.1) is 0 Å². The molecule has 0 heterocycles. The lowest BCUT2D eigenvalue weighted by Crippen LogP contribution is -2.50. The van der Waals surface area contributed by atoms with Crippen LogP contribution in [0.25, 0.3) is 0 Å². The normalized spacial score (nSPS) is 13.1. The highest BCUT2D eigenvalue weighted by molar-refractivity contribution is 5.93. The van der Waals surface area contributed by atoms with Crippen LogP contribution in [0.5, 0.6) is 11.5 Å². The van der Waals surface area contributed by atoms with Gasteiger partial charge in [-0.1, -0.05) is 0 Å². The van der Waals surface area contributed by atoms with E-state index in [1.54, 1.807) is 18.2 Å². The van der Waals surface area contributed by atoms with Gasteiger partial charge in [0.25, 0.3) is 0 Å². The number of aliphatic hydroxyl groups excluding tert-OH is 1. The molecule has 1 aromatic carbocycles. The fourth-order valence-corrected chi connectivity index (χ4v) is 1.80. The van der Waals surface area contributed by atoms with Crippen LogP contribution in [0, 0.1) is 0 Å². The molecule has 1 aromatic rings. The molecule has 8 nitrogen and oxygen atoms in total. The quantitative estimate of drug-likeness (QED) is 0.512. The maximum Gasteiger partial charge on any atom is 0.238 e. The molecule has 2 amide bonds. The van der Waals surface area contributed by atoms with E-state index in [-0.39, 0.29) is 6.54 Å². The van der Waals surface area contributed by atoms with Gasteiger partial charge in [0.2, 0.25) is 11.8 Å². The molecule has 2 atom stereocenters. The molecule has 0 aliphatic rings. The first-order valence-electron chi connectivity index (χ1n) is 6.61. The lowest BCUT2D eigenvalue weighted by atomic mass is 10.2. The first-order chi connectivity index (χ1) is 10.4. The van der Waals surface area contributed by atoms with Crippen molar-refractivity contribution >= 4 is 17.5 Å². The molecular weight excluding hydrogens is 290 g/mol. The molecule has 0 aliphatic carbocycles. The minimum absolute atomic E-state index is 0.183. The van der Waals surface area contributed by atoms with Crippen molar-refractivity contribution in [3.8, 4) is 11.5 Å². The van der Waals surface area contributed by atoms with E-state index in [2.05, 4.69) is 10.6 Å². The zero-order valence-corrected chi connectivity index (χ0v) is 12.8. The van der Waals surface area contributed by atoms with Crippen molar-refractivity contribution in [3.05, 3.63) is 18.2 Å². The highest BCUT2D eigenvalue weighted by Gasteiger charge is 2.21. The molecule has 0 fully saturated rings. The Balaban J connectivity index is 2.67. The van der Waals surface area contributed by atoms with Crippen LogP contribution in [-0.4, -0.2) is 49.8 Å². The van der Waals surface area contributed by atoms with E-state index >= 15 is 0 Å². The Labute approximate surface area is 128 Å². The summed E-state index contributed by atoms with van der Waals surface area (Å²) in [7, 11) is 3.00. The van der Waals surface area contributed by atoms with Gasteiger partial charge in [-0.2, -0.15) is 0 Å². The highest BCUT2D eigenvalue weighted by Crippen LogP contribution is 2.25. The first-order valence-corrected chi connectivity index (χ1v) is 6.61. The zero-order chi connectivity index (χ0) is 16.7. The number of anilines is 1. The third-order valence-electron chi connectivity index (χ3n) is 2.91. The van der Waals surface area contributed by atoms with Crippen LogP contribution in [0.4, 0.5) is 5.69 Å². The number of aliphatic hydroxyl groups is 1. The number of benzene rings is 1. The zero-order valence-electron chi connectivity index (χ0n) is 12.8. The number of ether oxygens (including phenoxy) is 2. The molecule has 122 valence electrons. The maximum atomic E-state index is 11.9. The predicted molar refractivity (Wildman–Crippen MR) is 80.8 cm³/mol. The fraction of sp³-hybridized carbons (Fsp3) is 0.429. The summed E-state index contributed by atoms with van der Waals surface area (Å²) in [4.78, 5) is 23.0. The molecule has 0 aromatic heterocycles. The summed E-state index contributed by atoms with van der Waals surface area (Å²) >= 11 is 0. The van der Waals surface area contributed by atoms with E-state index < -0.39 is 24.0 Å². The van der Waals surface area contributed by atoms with E-state index in [0.717, 1.165) is 0 Å². The number of nitrogens with one attached hydrogen (secondary N) is 2. The average Bonchev–Trinajstić information content (AvgIpc) is 2.46. The van der Waals surface area contributed by atoms with E-state index in [1.807, 2.05) is 0 Å². The van der Waals surface area contributed by atoms with Crippen molar-refractivity contribution in [3.63, 3.8) is 0 Å². The summed E-state index contributed by atoms with van der Waals surface area (Å²) in [5.74, 6) is -0.0729. The van der Waals surface area contributed by atoms with Gasteiger partial charge in [0, 0.05) is 23.9 Å². The van der Waals surface area contributed by atoms with Crippen LogP contribution >= 0.6 is 0 Å². The van der Waals surface area contributed by atoms with Gasteiger partial charge in [-0.3, -0.25) is 14.9 Å². The number of amides is 2. The van der Waals surface area contributed by atoms with Crippen molar-refractivity contribution in [2.45, 2.75) is 19.1 Å². The number of rotatable bonds is 8. The second-order valence-electron chi connectivity index (χ2n) is 4.65. The second-order valence-corrected chi connectivity index (χ2v) is 4.65. The lowest BCUT2D eigenvalue weighted by Gasteiger charge is -2.17. The van der Waals surface area contributed by atoms with Gasteiger partial charge in [-0.05, 0) is 6.92 Å². The monoisotopic (exact) mass is 311 g/mol. The third kappa shape index (κ3) is 5.23. The second kappa shape index (κ2) is 8.20. The summed E-state index contributed by atoms with van der Waals surface area (Å²) in [5.41, 5.74) is 5.61. The Morgan fingerprint density at radius 2 is 1.77 bits per heavy atom. The molecular formula is C14H21N3O5. The minimum atomic E-state index is -0.998. The average molecular weight is 311 g/mol. The fourth-order valence-electron chi connectivity index (χ4n) is 1.80.